The van der Waals surface area contributed by atoms with Crippen molar-refractivity contribution < 1.29 is 17.4 Å². The molecule has 0 bridgehead atoms. The molecule has 1 aliphatic rings. The number of sulfonamides is 1. The summed E-state index contributed by atoms with van der Waals surface area (Å²) in [5.74, 6) is 0.0153. The molecule has 118 valence electrons. The maximum atomic E-state index is 12.2. The van der Waals surface area contributed by atoms with Crippen molar-refractivity contribution in [2.45, 2.75) is 38.7 Å². The topological polar surface area (TPSA) is 55.8 Å². The van der Waals surface area contributed by atoms with Crippen molar-refractivity contribution in [2.24, 2.45) is 0 Å². The second-order valence-electron chi connectivity index (χ2n) is 5.59. The number of hydrogen-bond acceptors (Lipinski definition) is 4. The van der Waals surface area contributed by atoms with Crippen LogP contribution in [0.5, 0.6) is 0 Å². The Balaban J connectivity index is 2.54. The Morgan fingerprint density at radius 3 is 2.43 bits per heavy atom. The maximum absolute atomic E-state index is 12.2. The molecule has 2 unspecified atom stereocenters. The van der Waals surface area contributed by atoms with Crippen LogP contribution in [-0.2, 0) is 19.0 Å². The molecule has 2 atom stereocenters. The fourth-order valence-corrected chi connectivity index (χ4v) is 3.70. The van der Waals surface area contributed by atoms with Crippen LogP contribution in [0.3, 0.4) is 0 Å². The smallest absolute Gasteiger partial charge is 0.216 e. The number of ether oxygens (including phenoxy) is 1. The third-order valence-electron chi connectivity index (χ3n) is 3.81. The SMILES string of the molecule is CCS(=O)(=O)N(C)C1OC(C)(C)C(OCl)c2ccccc21. The average molecular weight is 334 g/mol. The van der Waals surface area contributed by atoms with Crippen LogP contribution >= 0.6 is 11.9 Å². The number of benzene rings is 1. The Bertz CT molecular complexity index is 617. The summed E-state index contributed by atoms with van der Waals surface area (Å²) in [6.45, 7) is 5.27. The molecule has 0 aromatic heterocycles. The highest BCUT2D eigenvalue weighted by molar-refractivity contribution is 7.89. The lowest BCUT2D eigenvalue weighted by Crippen LogP contribution is -2.46. The first kappa shape index (κ1) is 16.7. The van der Waals surface area contributed by atoms with Gasteiger partial charge >= 0.3 is 0 Å². The summed E-state index contributed by atoms with van der Waals surface area (Å²) < 4.78 is 36.6. The van der Waals surface area contributed by atoms with Gasteiger partial charge in [-0.2, -0.15) is 4.31 Å². The van der Waals surface area contributed by atoms with E-state index in [4.69, 9.17) is 20.9 Å². The monoisotopic (exact) mass is 333 g/mol. The van der Waals surface area contributed by atoms with Crippen molar-refractivity contribution in [1.29, 1.82) is 0 Å². The molecule has 1 aliphatic heterocycles. The molecule has 0 fully saturated rings. The number of halogens is 1. The first-order valence-electron chi connectivity index (χ1n) is 6.74. The minimum Gasteiger partial charge on any atom is -0.349 e. The van der Waals surface area contributed by atoms with Gasteiger partial charge in [0.2, 0.25) is 10.0 Å². The predicted octanol–water partition coefficient (Wildman–Crippen LogP) is 2.99. The molecule has 5 nitrogen and oxygen atoms in total. The number of rotatable bonds is 4. The molecule has 0 amide bonds. The van der Waals surface area contributed by atoms with Gasteiger partial charge in [0.05, 0.1) is 23.2 Å². The largest absolute Gasteiger partial charge is 0.349 e. The predicted molar refractivity (Wildman–Crippen MR) is 81.2 cm³/mol. The van der Waals surface area contributed by atoms with Gasteiger partial charge in [-0.05, 0) is 26.3 Å². The Kier molecular flexibility index (Phi) is 4.66. The van der Waals surface area contributed by atoms with E-state index in [9.17, 15) is 8.42 Å². The van der Waals surface area contributed by atoms with Crippen LogP contribution in [0.4, 0.5) is 0 Å². The van der Waals surface area contributed by atoms with E-state index in [-0.39, 0.29) is 5.75 Å². The van der Waals surface area contributed by atoms with Gasteiger partial charge < -0.3 is 4.74 Å². The van der Waals surface area contributed by atoms with E-state index in [1.807, 2.05) is 38.1 Å². The molecule has 7 heteroatoms. The van der Waals surface area contributed by atoms with Crippen molar-refractivity contribution >= 4 is 21.9 Å². The van der Waals surface area contributed by atoms with Crippen molar-refractivity contribution in [3.05, 3.63) is 35.4 Å². The summed E-state index contributed by atoms with van der Waals surface area (Å²) in [6, 6.07) is 7.42. The van der Waals surface area contributed by atoms with Crippen molar-refractivity contribution in [3.8, 4) is 0 Å². The summed E-state index contributed by atoms with van der Waals surface area (Å²) in [7, 11) is -1.85. The lowest BCUT2D eigenvalue weighted by atomic mass is 9.87. The first-order valence-corrected chi connectivity index (χ1v) is 8.66. The van der Waals surface area contributed by atoms with Crippen molar-refractivity contribution in [1.82, 2.24) is 4.31 Å². The van der Waals surface area contributed by atoms with Crippen LogP contribution in [0.1, 0.15) is 44.2 Å². The van der Waals surface area contributed by atoms with Crippen LogP contribution in [0.25, 0.3) is 0 Å². The molecule has 0 N–H and O–H groups in total. The van der Waals surface area contributed by atoms with Crippen LogP contribution in [-0.4, -0.2) is 31.1 Å². The number of hydrogen-bond donors (Lipinski definition) is 0. The van der Waals surface area contributed by atoms with Crippen LogP contribution in [0.2, 0.25) is 0 Å². The van der Waals surface area contributed by atoms with Gasteiger partial charge in [0, 0.05) is 12.6 Å². The lowest BCUT2D eigenvalue weighted by Gasteiger charge is -2.44. The molecule has 21 heavy (non-hydrogen) atoms. The molecular weight excluding hydrogens is 314 g/mol. The Hall–Kier alpha value is -0.660. The van der Waals surface area contributed by atoms with Crippen LogP contribution < -0.4 is 0 Å². The number of fused-ring (bicyclic) bond motifs is 1. The molecule has 2 rings (SSSR count). The highest BCUT2D eigenvalue weighted by atomic mass is 35.5. The van der Waals surface area contributed by atoms with E-state index in [1.165, 1.54) is 11.4 Å². The molecule has 1 aromatic carbocycles. The molecule has 0 radical (unpaired) electrons. The van der Waals surface area contributed by atoms with Gasteiger partial charge in [0.15, 0.2) is 6.23 Å². The normalized spacial score (nSPS) is 24.9. The fourth-order valence-electron chi connectivity index (χ4n) is 2.54. The number of nitrogens with zero attached hydrogens (tertiary/aromatic N) is 1. The first-order chi connectivity index (χ1) is 9.74. The maximum Gasteiger partial charge on any atom is 0.216 e. The summed E-state index contributed by atoms with van der Waals surface area (Å²) in [4.78, 5) is 0. The summed E-state index contributed by atoms with van der Waals surface area (Å²) in [6.07, 6.45) is -1.16. The lowest BCUT2D eigenvalue weighted by molar-refractivity contribution is -0.173. The third-order valence-corrected chi connectivity index (χ3v) is 5.79. The highest BCUT2D eigenvalue weighted by Gasteiger charge is 2.45. The quantitative estimate of drug-likeness (QED) is 0.850. The summed E-state index contributed by atoms with van der Waals surface area (Å²) in [5.41, 5.74) is 0.840. The molecule has 1 heterocycles. The zero-order valence-corrected chi connectivity index (χ0v) is 14.1. The minimum absolute atomic E-state index is 0.0153. The average Bonchev–Trinajstić information content (AvgIpc) is 2.45. The summed E-state index contributed by atoms with van der Waals surface area (Å²) in [5, 5.41) is 0. The zero-order valence-electron chi connectivity index (χ0n) is 12.5. The van der Waals surface area contributed by atoms with Gasteiger partial charge in [0.1, 0.15) is 6.10 Å². The minimum atomic E-state index is -3.38. The molecule has 0 saturated carbocycles. The van der Waals surface area contributed by atoms with E-state index in [1.54, 1.807) is 6.92 Å². The van der Waals surface area contributed by atoms with Crippen LogP contribution in [0.15, 0.2) is 24.3 Å². The van der Waals surface area contributed by atoms with E-state index < -0.39 is 28.0 Å². The zero-order chi connectivity index (χ0) is 15.8. The molecular formula is C14H20ClNO4S. The van der Waals surface area contributed by atoms with Gasteiger partial charge in [-0.25, -0.2) is 8.42 Å². The Labute approximate surface area is 131 Å². The second kappa shape index (κ2) is 5.85. The fraction of sp³-hybridized carbons (Fsp3) is 0.571. The summed E-state index contributed by atoms with van der Waals surface area (Å²) >= 11 is 5.63. The van der Waals surface area contributed by atoms with E-state index in [0.717, 1.165) is 11.1 Å². The van der Waals surface area contributed by atoms with E-state index in [2.05, 4.69) is 0 Å². The second-order valence-corrected chi connectivity index (χ2v) is 8.08. The van der Waals surface area contributed by atoms with Gasteiger partial charge in [-0.1, -0.05) is 24.3 Å². The third kappa shape index (κ3) is 2.96. The van der Waals surface area contributed by atoms with E-state index >= 15 is 0 Å². The van der Waals surface area contributed by atoms with Gasteiger partial charge in [-0.15, -0.1) is 0 Å². The highest BCUT2D eigenvalue weighted by Crippen LogP contribution is 2.46. The van der Waals surface area contributed by atoms with Gasteiger partial charge in [-0.3, -0.25) is 4.29 Å². The van der Waals surface area contributed by atoms with Crippen molar-refractivity contribution in [2.75, 3.05) is 12.8 Å². The Morgan fingerprint density at radius 2 is 1.90 bits per heavy atom. The molecule has 0 spiro atoms. The molecule has 0 saturated heterocycles. The standard InChI is InChI=1S/C14H20ClNO4S/c1-5-21(17,18)16(4)13-11-9-7-6-8-10(11)12(20-15)14(2,3)19-13/h6-9,12-13H,5H2,1-4H3. The molecule has 1 aromatic rings. The molecule has 0 aliphatic carbocycles. The van der Waals surface area contributed by atoms with Crippen LogP contribution in [0, 0.1) is 0 Å². The Morgan fingerprint density at radius 1 is 1.33 bits per heavy atom. The van der Waals surface area contributed by atoms with Crippen molar-refractivity contribution in [3.63, 3.8) is 0 Å². The van der Waals surface area contributed by atoms with Gasteiger partial charge in [0.25, 0.3) is 0 Å². The van der Waals surface area contributed by atoms with E-state index in [0.29, 0.717) is 0 Å².